The summed E-state index contributed by atoms with van der Waals surface area (Å²) in [5.74, 6) is 0.265. The fourth-order valence-corrected chi connectivity index (χ4v) is 4.23. The standard InChI is InChI=1S/C15H22N4O3S/c1-9(2)19-7-10(3)14(8-19)18-23(20,21)12-5-13-11(4)17-22-15(13)16-6-12/h5-6,9-10,14,18H,7-8H2,1-4H3/t10-,14-/m0/s1. The van der Waals surface area contributed by atoms with Crippen molar-refractivity contribution in [2.75, 3.05) is 13.1 Å². The molecule has 1 saturated heterocycles. The van der Waals surface area contributed by atoms with Gasteiger partial charge in [-0.1, -0.05) is 12.1 Å². The summed E-state index contributed by atoms with van der Waals surface area (Å²) in [6, 6.07) is 1.88. The Hall–Kier alpha value is -1.51. The van der Waals surface area contributed by atoms with E-state index in [-0.39, 0.29) is 16.9 Å². The molecule has 23 heavy (non-hydrogen) atoms. The Morgan fingerprint density at radius 3 is 2.78 bits per heavy atom. The average molecular weight is 338 g/mol. The molecule has 0 bridgehead atoms. The minimum atomic E-state index is -3.62. The topological polar surface area (TPSA) is 88.3 Å². The van der Waals surface area contributed by atoms with Crippen molar-refractivity contribution < 1.29 is 12.9 Å². The molecule has 1 aliphatic rings. The van der Waals surface area contributed by atoms with Gasteiger partial charge in [0, 0.05) is 25.2 Å². The van der Waals surface area contributed by atoms with E-state index in [1.165, 1.54) is 6.20 Å². The van der Waals surface area contributed by atoms with Crippen molar-refractivity contribution in [2.45, 2.75) is 44.7 Å². The minimum Gasteiger partial charge on any atom is -0.336 e. The van der Waals surface area contributed by atoms with Crippen LogP contribution >= 0.6 is 0 Å². The lowest BCUT2D eigenvalue weighted by atomic mass is 10.1. The summed E-state index contributed by atoms with van der Waals surface area (Å²) >= 11 is 0. The lowest BCUT2D eigenvalue weighted by Crippen LogP contribution is -2.40. The zero-order valence-electron chi connectivity index (χ0n) is 13.8. The number of likely N-dealkylation sites (tertiary alicyclic amines) is 1. The van der Waals surface area contributed by atoms with Crippen LogP contribution in [-0.4, -0.2) is 48.6 Å². The van der Waals surface area contributed by atoms with E-state index in [2.05, 4.69) is 40.5 Å². The highest BCUT2D eigenvalue weighted by atomic mass is 32.2. The molecule has 0 spiro atoms. The Bertz CT molecular complexity index is 815. The SMILES string of the molecule is Cc1noc2ncc(S(=O)(=O)N[C@H]3CN(C(C)C)C[C@@H]3C)cc12. The summed E-state index contributed by atoms with van der Waals surface area (Å²) in [6.45, 7) is 9.69. The van der Waals surface area contributed by atoms with Crippen LogP contribution in [0.5, 0.6) is 0 Å². The molecule has 1 aliphatic heterocycles. The van der Waals surface area contributed by atoms with Crippen molar-refractivity contribution in [3.8, 4) is 0 Å². The molecule has 0 radical (unpaired) electrons. The predicted molar refractivity (Wildman–Crippen MR) is 86.5 cm³/mol. The highest BCUT2D eigenvalue weighted by molar-refractivity contribution is 7.89. The first-order valence-electron chi connectivity index (χ1n) is 7.76. The highest BCUT2D eigenvalue weighted by Crippen LogP contribution is 2.23. The summed E-state index contributed by atoms with van der Waals surface area (Å²) in [4.78, 5) is 6.47. The average Bonchev–Trinajstić information content (AvgIpc) is 3.03. The zero-order valence-corrected chi connectivity index (χ0v) is 14.6. The van der Waals surface area contributed by atoms with Gasteiger partial charge in [-0.15, -0.1) is 0 Å². The molecule has 0 unspecified atom stereocenters. The molecule has 0 saturated carbocycles. The molecule has 2 atom stereocenters. The van der Waals surface area contributed by atoms with Crippen LogP contribution < -0.4 is 4.72 Å². The first kappa shape index (κ1) is 16.4. The van der Waals surface area contributed by atoms with Gasteiger partial charge < -0.3 is 4.52 Å². The summed E-state index contributed by atoms with van der Waals surface area (Å²) in [5, 5.41) is 4.43. The second kappa shape index (κ2) is 5.85. The third-order valence-electron chi connectivity index (χ3n) is 4.47. The molecule has 1 N–H and O–H groups in total. The van der Waals surface area contributed by atoms with Crippen LogP contribution in [0.1, 0.15) is 26.5 Å². The van der Waals surface area contributed by atoms with E-state index in [0.29, 0.717) is 22.8 Å². The second-order valence-corrected chi connectivity index (χ2v) is 8.26. The maximum Gasteiger partial charge on any atom is 0.257 e. The number of rotatable bonds is 4. The normalized spacial score (nSPS) is 23.2. The molecule has 3 heterocycles. The van der Waals surface area contributed by atoms with Gasteiger partial charge >= 0.3 is 0 Å². The van der Waals surface area contributed by atoms with E-state index in [1.807, 2.05) is 0 Å². The molecule has 2 aromatic rings. The molecule has 0 amide bonds. The van der Waals surface area contributed by atoms with E-state index in [0.717, 1.165) is 13.1 Å². The zero-order chi connectivity index (χ0) is 16.8. The Labute approximate surface area is 136 Å². The Morgan fingerprint density at radius 2 is 2.13 bits per heavy atom. The van der Waals surface area contributed by atoms with Crippen LogP contribution in [0.3, 0.4) is 0 Å². The second-order valence-electron chi connectivity index (χ2n) is 6.54. The molecule has 8 heteroatoms. The fourth-order valence-electron chi connectivity index (χ4n) is 2.92. The Kier molecular flexibility index (Phi) is 4.16. The molecule has 2 aromatic heterocycles. The molecule has 0 aromatic carbocycles. The van der Waals surface area contributed by atoms with Gasteiger partial charge in [0.25, 0.3) is 5.71 Å². The Balaban J connectivity index is 1.84. The minimum absolute atomic E-state index is 0.0957. The first-order valence-corrected chi connectivity index (χ1v) is 9.24. The first-order chi connectivity index (χ1) is 10.8. The van der Waals surface area contributed by atoms with Crippen LogP contribution in [0, 0.1) is 12.8 Å². The molecule has 7 nitrogen and oxygen atoms in total. The molecular formula is C15H22N4O3S. The highest BCUT2D eigenvalue weighted by Gasteiger charge is 2.34. The largest absolute Gasteiger partial charge is 0.336 e. The number of hydrogen-bond acceptors (Lipinski definition) is 6. The van der Waals surface area contributed by atoms with Gasteiger partial charge in [0.15, 0.2) is 0 Å². The van der Waals surface area contributed by atoms with Gasteiger partial charge in [0.1, 0.15) is 4.90 Å². The van der Waals surface area contributed by atoms with E-state index < -0.39 is 10.0 Å². The molecule has 1 fully saturated rings. The van der Waals surface area contributed by atoms with E-state index in [9.17, 15) is 8.42 Å². The number of nitrogens with zero attached hydrogens (tertiary/aromatic N) is 3. The number of pyridine rings is 1. The van der Waals surface area contributed by atoms with Crippen molar-refractivity contribution in [3.05, 3.63) is 18.0 Å². The summed E-state index contributed by atoms with van der Waals surface area (Å²) < 4.78 is 33.2. The van der Waals surface area contributed by atoms with Crippen LogP contribution in [0.15, 0.2) is 21.7 Å². The maximum atomic E-state index is 12.7. The number of aryl methyl sites for hydroxylation is 1. The van der Waals surface area contributed by atoms with Crippen molar-refractivity contribution in [3.63, 3.8) is 0 Å². The van der Waals surface area contributed by atoms with Gasteiger partial charge in [0.2, 0.25) is 10.0 Å². The number of fused-ring (bicyclic) bond motifs is 1. The van der Waals surface area contributed by atoms with Gasteiger partial charge in [-0.2, -0.15) is 0 Å². The Morgan fingerprint density at radius 1 is 1.39 bits per heavy atom. The van der Waals surface area contributed by atoms with E-state index in [1.54, 1.807) is 13.0 Å². The predicted octanol–water partition coefficient (Wildman–Crippen LogP) is 1.54. The van der Waals surface area contributed by atoms with Crippen LogP contribution in [0.2, 0.25) is 0 Å². The molecule has 126 valence electrons. The van der Waals surface area contributed by atoms with Crippen molar-refractivity contribution in [1.29, 1.82) is 0 Å². The molecular weight excluding hydrogens is 316 g/mol. The number of sulfonamides is 1. The van der Waals surface area contributed by atoms with Crippen LogP contribution in [-0.2, 0) is 10.0 Å². The quantitative estimate of drug-likeness (QED) is 0.910. The number of hydrogen-bond donors (Lipinski definition) is 1. The lowest BCUT2D eigenvalue weighted by molar-refractivity contribution is 0.265. The lowest BCUT2D eigenvalue weighted by Gasteiger charge is -2.20. The van der Waals surface area contributed by atoms with Crippen molar-refractivity contribution in [2.24, 2.45) is 5.92 Å². The third kappa shape index (κ3) is 3.11. The summed E-state index contributed by atoms with van der Waals surface area (Å²) in [7, 11) is -3.62. The summed E-state index contributed by atoms with van der Waals surface area (Å²) in [6.07, 6.45) is 1.31. The van der Waals surface area contributed by atoms with Gasteiger partial charge in [-0.25, -0.2) is 18.1 Å². The van der Waals surface area contributed by atoms with Crippen LogP contribution in [0.4, 0.5) is 0 Å². The number of aromatic nitrogens is 2. The van der Waals surface area contributed by atoms with Crippen molar-refractivity contribution >= 4 is 21.1 Å². The third-order valence-corrected chi connectivity index (χ3v) is 5.93. The van der Waals surface area contributed by atoms with Gasteiger partial charge in [-0.3, -0.25) is 4.90 Å². The molecule has 3 rings (SSSR count). The van der Waals surface area contributed by atoms with Crippen LogP contribution in [0.25, 0.3) is 11.1 Å². The molecule has 0 aliphatic carbocycles. The van der Waals surface area contributed by atoms with Crippen molar-refractivity contribution in [1.82, 2.24) is 19.8 Å². The summed E-state index contributed by atoms with van der Waals surface area (Å²) in [5.41, 5.74) is 0.978. The maximum absolute atomic E-state index is 12.7. The van der Waals surface area contributed by atoms with Gasteiger partial charge in [-0.05, 0) is 32.8 Å². The van der Waals surface area contributed by atoms with E-state index >= 15 is 0 Å². The monoisotopic (exact) mass is 338 g/mol. The number of nitrogens with one attached hydrogen (secondary N) is 1. The smallest absolute Gasteiger partial charge is 0.257 e. The van der Waals surface area contributed by atoms with E-state index in [4.69, 9.17) is 4.52 Å². The fraction of sp³-hybridized carbons (Fsp3) is 0.600. The van der Waals surface area contributed by atoms with Gasteiger partial charge in [0.05, 0.1) is 17.3 Å².